The quantitative estimate of drug-likeness (QED) is 0.315. The van der Waals surface area contributed by atoms with Gasteiger partial charge in [0.15, 0.2) is 0 Å². The number of carbonyl (C=O) groups excluding carboxylic acids is 2. The van der Waals surface area contributed by atoms with Gasteiger partial charge in [0.2, 0.25) is 0 Å². The van der Waals surface area contributed by atoms with Crippen LogP contribution in [0.3, 0.4) is 0 Å². The van der Waals surface area contributed by atoms with Crippen LogP contribution in [0.4, 0.5) is 0 Å². The first-order valence-corrected chi connectivity index (χ1v) is 4.94. The summed E-state index contributed by atoms with van der Waals surface area (Å²) in [6.07, 6.45) is 12.7. The molecule has 0 aromatic heterocycles. The molecule has 1 heterocycles. The van der Waals surface area contributed by atoms with Gasteiger partial charge in [-0.15, -0.1) is 0 Å². The minimum Gasteiger partial charge on any atom is -0.386 e. The SMILES string of the molecule is C=C\C=C/C1=C\C=C/C=C\C(=C)C(=O)OC1=O. The normalized spacial score (nSPS) is 23.8. The molecule has 0 saturated heterocycles. The summed E-state index contributed by atoms with van der Waals surface area (Å²) >= 11 is 0. The predicted octanol–water partition coefficient (Wildman–Crippen LogP) is 2.41. The fourth-order valence-corrected chi connectivity index (χ4v) is 1.04. The first kappa shape index (κ1) is 12.6. The Morgan fingerprint density at radius 3 is 2.59 bits per heavy atom. The largest absolute Gasteiger partial charge is 0.386 e. The van der Waals surface area contributed by atoms with E-state index in [0.29, 0.717) is 0 Å². The van der Waals surface area contributed by atoms with E-state index in [1.807, 2.05) is 0 Å². The van der Waals surface area contributed by atoms with Crippen molar-refractivity contribution in [1.82, 2.24) is 0 Å². The van der Waals surface area contributed by atoms with E-state index in [1.54, 1.807) is 30.4 Å². The number of rotatable bonds is 2. The second-order valence-corrected chi connectivity index (χ2v) is 3.16. The molecule has 1 rings (SSSR count). The van der Waals surface area contributed by atoms with Crippen LogP contribution in [-0.4, -0.2) is 11.9 Å². The predicted molar refractivity (Wildman–Crippen MR) is 65.9 cm³/mol. The van der Waals surface area contributed by atoms with Crippen molar-refractivity contribution in [2.24, 2.45) is 0 Å². The maximum atomic E-state index is 11.6. The van der Waals surface area contributed by atoms with Crippen LogP contribution in [0.2, 0.25) is 0 Å². The topological polar surface area (TPSA) is 43.4 Å². The van der Waals surface area contributed by atoms with Crippen LogP contribution in [0, 0.1) is 0 Å². The summed E-state index contributed by atoms with van der Waals surface area (Å²) < 4.78 is 4.63. The number of cyclic esters (lactones) is 2. The molecule has 17 heavy (non-hydrogen) atoms. The molecule has 0 N–H and O–H groups in total. The third kappa shape index (κ3) is 3.91. The highest BCUT2D eigenvalue weighted by atomic mass is 16.6. The van der Waals surface area contributed by atoms with Gasteiger partial charge in [0.05, 0.1) is 11.1 Å². The zero-order valence-electron chi connectivity index (χ0n) is 9.26. The van der Waals surface area contributed by atoms with Gasteiger partial charge >= 0.3 is 11.9 Å². The van der Waals surface area contributed by atoms with E-state index in [1.165, 1.54) is 18.2 Å². The van der Waals surface area contributed by atoms with Crippen molar-refractivity contribution in [1.29, 1.82) is 0 Å². The molecular formula is C14H12O3. The molecule has 0 unspecified atom stereocenters. The van der Waals surface area contributed by atoms with E-state index in [9.17, 15) is 9.59 Å². The third-order valence-electron chi connectivity index (χ3n) is 1.89. The van der Waals surface area contributed by atoms with Crippen molar-refractivity contribution in [3.8, 4) is 0 Å². The Bertz CT molecular complexity index is 474. The van der Waals surface area contributed by atoms with Crippen LogP contribution in [0.5, 0.6) is 0 Å². The fourth-order valence-electron chi connectivity index (χ4n) is 1.04. The third-order valence-corrected chi connectivity index (χ3v) is 1.89. The first-order valence-electron chi connectivity index (χ1n) is 4.94. The summed E-state index contributed by atoms with van der Waals surface area (Å²) in [6, 6.07) is 0. The molecule has 0 spiro atoms. The van der Waals surface area contributed by atoms with E-state index < -0.39 is 11.9 Å². The summed E-state index contributed by atoms with van der Waals surface area (Å²) in [5.74, 6) is -1.46. The van der Waals surface area contributed by atoms with Gasteiger partial charge in [-0.3, -0.25) is 0 Å². The molecule has 3 nitrogen and oxygen atoms in total. The fraction of sp³-hybridized carbons (Fsp3) is 0. The lowest BCUT2D eigenvalue weighted by Gasteiger charge is -2.03. The van der Waals surface area contributed by atoms with Crippen molar-refractivity contribution < 1.29 is 14.3 Å². The lowest BCUT2D eigenvalue weighted by Crippen LogP contribution is -2.14. The maximum absolute atomic E-state index is 11.6. The second kappa shape index (κ2) is 6.23. The molecule has 0 fully saturated rings. The zero-order chi connectivity index (χ0) is 12.7. The van der Waals surface area contributed by atoms with Gasteiger partial charge in [-0.1, -0.05) is 43.5 Å². The summed E-state index contributed by atoms with van der Waals surface area (Å²) in [4.78, 5) is 23.0. The Morgan fingerprint density at radius 1 is 1.12 bits per heavy atom. The van der Waals surface area contributed by atoms with Crippen LogP contribution in [0.15, 0.2) is 72.9 Å². The van der Waals surface area contributed by atoms with Gasteiger partial charge in [0, 0.05) is 0 Å². The number of ether oxygens (including phenoxy) is 1. The van der Waals surface area contributed by atoms with Gasteiger partial charge in [-0.2, -0.15) is 0 Å². The van der Waals surface area contributed by atoms with Crippen LogP contribution in [-0.2, 0) is 14.3 Å². The first-order chi connectivity index (χ1) is 8.15. The molecule has 0 amide bonds. The molecule has 0 radical (unpaired) electrons. The van der Waals surface area contributed by atoms with Gasteiger partial charge in [-0.25, -0.2) is 9.59 Å². The molecular weight excluding hydrogens is 216 g/mol. The lowest BCUT2D eigenvalue weighted by atomic mass is 10.2. The second-order valence-electron chi connectivity index (χ2n) is 3.16. The Balaban J connectivity index is 3.05. The molecule has 0 bridgehead atoms. The van der Waals surface area contributed by atoms with Crippen molar-refractivity contribution in [2.75, 3.05) is 0 Å². The minimum atomic E-state index is -0.751. The molecule has 0 aliphatic carbocycles. The van der Waals surface area contributed by atoms with Crippen LogP contribution in [0.25, 0.3) is 0 Å². The Labute approximate surface area is 99.8 Å². The van der Waals surface area contributed by atoms with Gasteiger partial charge in [0.1, 0.15) is 0 Å². The number of hydrogen-bond acceptors (Lipinski definition) is 3. The molecule has 0 saturated carbocycles. The van der Waals surface area contributed by atoms with E-state index >= 15 is 0 Å². The van der Waals surface area contributed by atoms with E-state index in [4.69, 9.17) is 0 Å². The highest BCUT2D eigenvalue weighted by Crippen LogP contribution is 2.07. The molecule has 1 aliphatic heterocycles. The Morgan fingerprint density at radius 2 is 1.88 bits per heavy atom. The molecule has 0 aromatic rings. The highest BCUT2D eigenvalue weighted by molar-refractivity contribution is 6.04. The van der Waals surface area contributed by atoms with Crippen LogP contribution < -0.4 is 0 Å². The average molecular weight is 228 g/mol. The van der Waals surface area contributed by atoms with Crippen molar-refractivity contribution in [3.63, 3.8) is 0 Å². The Kier molecular flexibility index (Phi) is 4.63. The molecule has 86 valence electrons. The van der Waals surface area contributed by atoms with Crippen LogP contribution >= 0.6 is 0 Å². The van der Waals surface area contributed by atoms with Crippen molar-refractivity contribution in [3.05, 3.63) is 72.9 Å². The monoisotopic (exact) mass is 228 g/mol. The molecule has 1 aliphatic rings. The summed E-state index contributed by atoms with van der Waals surface area (Å²) in [5.41, 5.74) is 0.384. The van der Waals surface area contributed by atoms with Gasteiger partial charge < -0.3 is 4.74 Å². The van der Waals surface area contributed by atoms with Gasteiger partial charge in [-0.05, 0) is 18.2 Å². The number of esters is 2. The summed E-state index contributed by atoms with van der Waals surface area (Å²) in [7, 11) is 0. The summed E-state index contributed by atoms with van der Waals surface area (Å²) in [5, 5.41) is 0. The van der Waals surface area contributed by atoms with Gasteiger partial charge in [0.25, 0.3) is 0 Å². The number of allylic oxidation sites excluding steroid dienone is 6. The zero-order valence-corrected chi connectivity index (χ0v) is 9.26. The molecule has 0 aromatic carbocycles. The standard InChI is InChI=1S/C14H12O3/c1-3-4-9-12-10-7-5-6-8-11(2)13(15)17-14(12)16/h3-10H,1-2H2/b7-5-,8-6-,9-4-,12-10+. The highest BCUT2D eigenvalue weighted by Gasteiger charge is 2.14. The van der Waals surface area contributed by atoms with E-state index in [2.05, 4.69) is 17.9 Å². The molecule has 3 heteroatoms. The maximum Gasteiger partial charge on any atom is 0.346 e. The Hall–Kier alpha value is -2.42. The smallest absolute Gasteiger partial charge is 0.346 e. The summed E-state index contributed by atoms with van der Waals surface area (Å²) in [6.45, 7) is 6.99. The average Bonchev–Trinajstić information content (AvgIpc) is 2.31. The number of carbonyl (C=O) groups is 2. The van der Waals surface area contributed by atoms with Crippen LogP contribution in [0.1, 0.15) is 0 Å². The minimum absolute atomic E-state index is 0.122. The lowest BCUT2D eigenvalue weighted by molar-refractivity contribution is -0.153. The van der Waals surface area contributed by atoms with Crippen molar-refractivity contribution >= 4 is 11.9 Å². The van der Waals surface area contributed by atoms with E-state index in [-0.39, 0.29) is 11.1 Å². The molecule has 0 atom stereocenters. The number of hydrogen-bond donors (Lipinski definition) is 0. The van der Waals surface area contributed by atoms with Crippen molar-refractivity contribution in [2.45, 2.75) is 0 Å². The van der Waals surface area contributed by atoms with E-state index in [0.717, 1.165) is 0 Å².